The SMILES string of the molecule is Fc1cc(Br)ccc1N1C=NN(CN2CCOCC2)C1. The third-order valence-electron chi connectivity index (χ3n) is 3.36. The molecule has 2 heterocycles. The molecular weight excluding hydrogens is 327 g/mol. The molecule has 0 saturated carbocycles. The summed E-state index contributed by atoms with van der Waals surface area (Å²) in [7, 11) is 0. The van der Waals surface area contributed by atoms with Crippen LogP contribution in [0.25, 0.3) is 0 Å². The third-order valence-corrected chi connectivity index (χ3v) is 3.85. The zero-order chi connectivity index (χ0) is 13.9. The zero-order valence-corrected chi connectivity index (χ0v) is 12.6. The largest absolute Gasteiger partial charge is 0.379 e. The van der Waals surface area contributed by atoms with E-state index in [9.17, 15) is 4.39 Å². The second kappa shape index (κ2) is 6.07. The highest BCUT2D eigenvalue weighted by atomic mass is 79.9. The monoisotopic (exact) mass is 342 g/mol. The standard InChI is InChI=1S/C13H16BrFN4O/c14-11-1-2-13(12(15)7-11)18-8-16-19(10-18)9-17-3-5-20-6-4-17/h1-2,7-8H,3-6,9-10H2. The second-order valence-corrected chi connectivity index (χ2v) is 5.73. The van der Waals surface area contributed by atoms with Gasteiger partial charge in [0.05, 0.1) is 25.6 Å². The molecule has 1 fully saturated rings. The summed E-state index contributed by atoms with van der Waals surface area (Å²) in [5, 5.41) is 6.25. The predicted molar refractivity (Wildman–Crippen MR) is 79.0 cm³/mol. The molecule has 108 valence electrons. The summed E-state index contributed by atoms with van der Waals surface area (Å²) in [6.45, 7) is 4.67. The summed E-state index contributed by atoms with van der Waals surface area (Å²) in [6.07, 6.45) is 1.67. The van der Waals surface area contributed by atoms with E-state index in [4.69, 9.17) is 4.74 Å². The molecule has 0 radical (unpaired) electrons. The predicted octanol–water partition coefficient (Wildman–Crippen LogP) is 1.90. The summed E-state index contributed by atoms with van der Waals surface area (Å²) in [5.41, 5.74) is 0.543. The van der Waals surface area contributed by atoms with Crippen molar-refractivity contribution < 1.29 is 9.13 Å². The van der Waals surface area contributed by atoms with Gasteiger partial charge in [-0.05, 0) is 18.2 Å². The maximum Gasteiger partial charge on any atom is 0.148 e. The van der Waals surface area contributed by atoms with E-state index in [0.717, 1.165) is 37.4 Å². The van der Waals surface area contributed by atoms with Gasteiger partial charge >= 0.3 is 0 Å². The van der Waals surface area contributed by atoms with Crippen molar-refractivity contribution in [1.29, 1.82) is 0 Å². The number of morpholine rings is 1. The van der Waals surface area contributed by atoms with E-state index in [1.54, 1.807) is 12.4 Å². The molecule has 1 saturated heterocycles. The minimum atomic E-state index is -0.251. The zero-order valence-electron chi connectivity index (χ0n) is 11.0. The van der Waals surface area contributed by atoms with Crippen LogP contribution in [0, 0.1) is 5.82 Å². The van der Waals surface area contributed by atoms with Crippen molar-refractivity contribution in [1.82, 2.24) is 9.91 Å². The van der Waals surface area contributed by atoms with Crippen molar-refractivity contribution in [2.24, 2.45) is 5.10 Å². The number of anilines is 1. The second-order valence-electron chi connectivity index (χ2n) is 4.82. The van der Waals surface area contributed by atoms with Crippen molar-refractivity contribution in [3.8, 4) is 0 Å². The van der Waals surface area contributed by atoms with Gasteiger partial charge in [0.15, 0.2) is 0 Å². The number of halogens is 2. The fourth-order valence-corrected chi connectivity index (χ4v) is 2.62. The molecule has 0 aliphatic carbocycles. The summed E-state index contributed by atoms with van der Waals surface area (Å²) in [6, 6.07) is 5.05. The summed E-state index contributed by atoms with van der Waals surface area (Å²) in [4.78, 5) is 4.09. The molecule has 0 amide bonds. The van der Waals surface area contributed by atoms with Crippen molar-refractivity contribution >= 4 is 28.0 Å². The summed E-state index contributed by atoms with van der Waals surface area (Å²) < 4.78 is 20.0. The number of benzene rings is 1. The average Bonchev–Trinajstić information content (AvgIpc) is 2.88. The Hall–Kier alpha value is -1.18. The molecule has 0 N–H and O–H groups in total. The Balaban J connectivity index is 1.60. The molecule has 20 heavy (non-hydrogen) atoms. The normalized spacial score (nSPS) is 19.9. The van der Waals surface area contributed by atoms with Crippen LogP contribution < -0.4 is 4.90 Å². The van der Waals surface area contributed by atoms with Crippen LogP contribution in [0.3, 0.4) is 0 Å². The highest BCUT2D eigenvalue weighted by Gasteiger charge is 2.21. The Morgan fingerprint density at radius 1 is 1.30 bits per heavy atom. The van der Waals surface area contributed by atoms with E-state index in [1.165, 1.54) is 6.07 Å². The van der Waals surface area contributed by atoms with Crippen molar-refractivity contribution in [2.75, 3.05) is 44.5 Å². The van der Waals surface area contributed by atoms with Crippen LogP contribution in [0.15, 0.2) is 27.8 Å². The van der Waals surface area contributed by atoms with E-state index in [0.29, 0.717) is 12.4 Å². The van der Waals surface area contributed by atoms with Crippen LogP contribution in [0.4, 0.5) is 10.1 Å². The number of hydrazone groups is 1. The molecule has 7 heteroatoms. The number of hydrogen-bond acceptors (Lipinski definition) is 5. The van der Waals surface area contributed by atoms with Crippen LogP contribution in [0.1, 0.15) is 0 Å². The molecule has 2 aliphatic rings. The summed E-state index contributed by atoms with van der Waals surface area (Å²) >= 11 is 3.26. The van der Waals surface area contributed by atoms with Gasteiger partial charge in [-0.2, -0.15) is 5.10 Å². The molecule has 0 spiro atoms. The van der Waals surface area contributed by atoms with Gasteiger partial charge < -0.3 is 9.64 Å². The molecule has 0 atom stereocenters. The van der Waals surface area contributed by atoms with Gasteiger partial charge in [-0.25, -0.2) is 4.39 Å². The van der Waals surface area contributed by atoms with Gasteiger partial charge in [-0.1, -0.05) is 15.9 Å². The Morgan fingerprint density at radius 2 is 2.10 bits per heavy atom. The maximum atomic E-state index is 13.9. The molecule has 0 bridgehead atoms. The van der Waals surface area contributed by atoms with Gasteiger partial charge in [-0.3, -0.25) is 9.91 Å². The van der Waals surface area contributed by atoms with E-state index >= 15 is 0 Å². The highest BCUT2D eigenvalue weighted by molar-refractivity contribution is 9.10. The smallest absolute Gasteiger partial charge is 0.148 e. The van der Waals surface area contributed by atoms with Gasteiger partial charge in [-0.15, -0.1) is 0 Å². The molecule has 1 aromatic carbocycles. The van der Waals surface area contributed by atoms with Gasteiger partial charge in [0.1, 0.15) is 18.8 Å². The van der Waals surface area contributed by atoms with E-state index in [1.807, 2.05) is 16.0 Å². The quantitative estimate of drug-likeness (QED) is 0.839. The minimum absolute atomic E-state index is 0.251. The maximum absolute atomic E-state index is 13.9. The van der Waals surface area contributed by atoms with E-state index in [2.05, 4.69) is 25.9 Å². The first-order valence-electron chi connectivity index (χ1n) is 6.53. The van der Waals surface area contributed by atoms with Gasteiger partial charge in [0, 0.05) is 17.6 Å². The molecule has 3 rings (SSSR count). The lowest BCUT2D eigenvalue weighted by molar-refractivity contribution is 0.0126. The molecule has 2 aliphatic heterocycles. The van der Waals surface area contributed by atoms with Crippen LogP contribution in [0.2, 0.25) is 0 Å². The average molecular weight is 343 g/mol. The van der Waals surface area contributed by atoms with Crippen molar-refractivity contribution in [3.05, 3.63) is 28.5 Å². The first-order valence-corrected chi connectivity index (χ1v) is 7.32. The molecule has 1 aromatic rings. The first kappa shape index (κ1) is 13.8. The Bertz CT molecular complexity index is 507. The van der Waals surface area contributed by atoms with E-state index in [-0.39, 0.29) is 5.82 Å². The minimum Gasteiger partial charge on any atom is -0.379 e. The van der Waals surface area contributed by atoms with Crippen LogP contribution in [-0.2, 0) is 4.74 Å². The van der Waals surface area contributed by atoms with Crippen LogP contribution in [0.5, 0.6) is 0 Å². The highest BCUT2D eigenvalue weighted by Crippen LogP contribution is 2.24. The molecule has 0 unspecified atom stereocenters. The Kier molecular flexibility index (Phi) is 4.18. The number of rotatable bonds is 3. The fourth-order valence-electron chi connectivity index (χ4n) is 2.29. The Morgan fingerprint density at radius 3 is 2.85 bits per heavy atom. The fraction of sp³-hybridized carbons (Fsp3) is 0.462. The molecule has 5 nitrogen and oxygen atoms in total. The van der Waals surface area contributed by atoms with Crippen molar-refractivity contribution in [2.45, 2.75) is 0 Å². The number of hydrogen-bond donors (Lipinski definition) is 0. The van der Waals surface area contributed by atoms with Gasteiger partial charge in [0.2, 0.25) is 0 Å². The lowest BCUT2D eigenvalue weighted by atomic mass is 10.3. The Labute approximate surface area is 125 Å². The van der Waals surface area contributed by atoms with Gasteiger partial charge in [0.25, 0.3) is 0 Å². The lowest BCUT2D eigenvalue weighted by Crippen LogP contribution is -2.43. The number of nitrogens with zero attached hydrogens (tertiary/aromatic N) is 4. The molecule has 0 aromatic heterocycles. The topological polar surface area (TPSA) is 31.3 Å². The number of ether oxygens (including phenoxy) is 1. The van der Waals surface area contributed by atoms with Crippen LogP contribution in [-0.4, -0.2) is 55.9 Å². The first-order chi connectivity index (χ1) is 9.72. The molecular formula is C13H16BrFN4O. The lowest BCUT2D eigenvalue weighted by Gasteiger charge is -2.30. The third kappa shape index (κ3) is 3.11. The summed E-state index contributed by atoms with van der Waals surface area (Å²) in [5.74, 6) is -0.251. The van der Waals surface area contributed by atoms with Crippen molar-refractivity contribution in [3.63, 3.8) is 0 Å². The van der Waals surface area contributed by atoms with E-state index < -0.39 is 0 Å². The van der Waals surface area contributed by atoms with Crippen LogP contribution >= 0.6 is 15.9 Å².